The van der Waals surface area contributed by atoms with Crippen LogP contribution in [0, 0.1) is 17.0 Å². The van der Waals surface area contributed by atoms with Gasteiger partial charge in [-0.3, -0.25) is 14.9 Å². The molecule has 1 unspecified atom stereocenters. The molecule has 3 rings (SSSR count). The average molecular weight is 332 g/mol. The molecule has 0 bridgehead atoms. The van der Waals surface area contributed by atoms with Gasteiger partial charge < -0.3 is 10.2 Å². The topological polar surface area (TPSA) is 88.4 Å². The highest BCUT2D eigenvalue weighted by Gasteiger charge is 2.32. The lowest BCUT2D eigenvalue weighted by Gasteiger charge is -2.23. The normalized spacial score (nSPS) is 17.3. The maximum absolute atomic E-state index is 12.6. The van der Waals surface area contributed by atoms with E-state index in [4.69, 9.17) is 0 Å². The second-order valence-electron chi connectivity index (χ2n) is 5.36. The Morgan fingerprint density at radius 3 is 3.04 bits per heavy atom. The first-order chi connectivity index (χ1) is 11.1. The van der Waals surface area contributed by atoms with Crippen molar-refractivity contribution in [1.82, 2.24) is 4.98 Å². The molecule has 1 fully saturated rings. The lowest BCUT2D eigenvalue weighted by atomic mass is 10.1. The van der Waals surface area contributed by atoms with Crippen LogP contribution in [0.1, 0.15) is 18.4 Å². The second-order valence-corrected chi connectivity index (χ2v) is 6.24. The molecule has 0 radical (unpaired) electrons. The molecule has 1 amide bonds. The second kappa shape index (κ2) is 6.33. The largest absolute Gasteiger partial charge is 0.336 e. The maximum Gasteiger partial charge on any atom is 0.274 e. The van der Waals surface area contributed by atoms with Gasteiger partial charge in [-0.2, -0.15) is 0 Å². The number of benzene rings is 1. The van der Waals surface area contributed by atoms with E-state index in [-0.39, 0.29) is 17.6 Å². The number of carbonyl (C=O) groups is 1. The van der Waals surface area contributed by atoms with Crippen LogP contribution in [0.15, 0.2) is 29.8 Å². The van der Waals surface area contributed by atoms with E-state index < -0.39 is 4.92 Å². The highest BCUT2D eigenvalue weighted by Crippen LogP contribution is 2.29. The Balaban J connectivity index is 1.79. The smallest absolute Gasteiger partial charge is 0.274 e. The molecule has 0 aliphatic carbocycles. The summed E-state index contributed by atoms with van der Waals surface area (Å²) in [5.41, 5.74) is 0.950. The van der Waals surface area contributed by atoms with Gasteiger partial charge in [0.25, 0.3) is 5.69 Å². The van der Waals surface area contributed by atoms with Gasteiger partial charge in [0.1, 0.15) is 6.04 Å². The molecule has 0 saturated carbocycles. The predicted octanol–water partition coefficient (Wildman–Crippen LogP) is 2.97. The quantitative estimate of drug-likeness (QED) is 0.687. The van der Waals surface area contributed by atoms with E-state index in [1.165, 1.54) is 17.4 Å². The number of hydrogen-bond acceptors (Lipinski definition) is 6. The van der Waals surface area contributed by atoms with E-state index in [1.807, 2.05) is 10.3 Å². The first-order valence-electron chi connectivity index (χ1n) is 7.29. The highest BCUT2D eigenvalue weighted by molar-refractivity contribution is 7.13. The summed E-state index contributed by atoms with van der Waals surface area (Å²) in [5, 5.41) is 16.5. The fourth-order valence-electron chi connectivity index (χ4n) is 2.80. The van der Waals surface area contributed by atoms with Crippen molar-refractivity contribution < 1.29 is 9.72 Å². The third-order valence-electron chi connectivity index (χ3n) is 3.98. The van der Waals surface area contributed by atoms with Crippen molar-refractivity contribution in [2.45, 2.75) is 25.8 Å². The number of hydrogen-bond donors (Lipinski definition) is 1. The number of nitrogens with one attached hydrogen (secondary N) is 1. The zero-order valence-corrected chi connectivity index (χ0v) is 13.4. The predicted molar refractivity (Wildman–Crippen MR) is 88.9 cm³/mol. The SMILES string of the molecule is Cc1c(NC(=O)C2CCCN2c2nccs2)cccc1[N+](=O)[O-]. The number of nitro benzene ring substituents is 1. The lowest BCUT2D eigenvalue weighted by molar-refractivity contribution is -0.385. The molecule has 1 atom stereocenters. The van der Waals surface area contributed by atoms with E-state index >= 15 is 0 Å². The number of anilines is 2. The molecular weight excluding hydrogens is 316 g/mol. The van der Waals surface area contributed by atoms with Crippen molar-refractivity contribution in [3.63, 3.8) is 0 Å². The molecule has 0 spiro atoms. The van der Waals surface area contributed by atoms with Crippen molar-refractivity contribution in [3.05, 3.63) is 45.5 Å². The van der Waals surface area contributed by atoms with Crippen molar-refractivity contribution in [1.29, 1.82) is 0 Å². The molecule has 23 heavy (non-hydrogen) atoms. The fourth-order valence-corrected chi connectivity index (χ4v) is 3.52. The summed E-state index contributed by atoms with van der Waals surface area (Å²) >= 11 is 1.50. The van der Waals surface area contributed by atoms with Gasteiger partial charge in [0, 0.05) is 24.2 Å². The van der Waals surface area contributed by atoms with E-state index in [1.54, 1.807) is 25.3 Å². The Kier molecular flexibility index (Phi) is 4.24. The van der Waals surface area contributed by atoms with Crippen LogP contribution < -0.4 is 10.2 Å². The third kappa shape index (κ3) is 3.02. The number of thiazole rings is 1. The number of carbonyl (C=O) groups excluding carboxylic acids is 1. The summed E-state index contributed by atoms with van der Waals surface area (Å²) in [6.45, 7) is 2.43. The molecule has 1 aliphatic heterocycles. The summed E-state index contributed by atoms with van der Waals surface area (Å²) < 4.78 is 0. The van der Waals surface area contributed by atoms with E-state index in [2.05, 4.69) is 10.3 Å². The van der Waals surface area contributed by atoms with Crippen LogP contribution in [0.25, 0.3) is 0 Å². The van der Waals surface area contributed by atoms with E-state index in [0.717, 1.165) is 24.5 Å². The zero-order valence-electron chi connectivity index (χ0n) is 12.6. The molecule has 2 heterocycles. The van der Waals surface area contributed by atoms with Crippen LogP contribution in [0.2, 0.25) is 0 Å². The molecule has 1 aromatic heterocycles. The van der Waals surface area contributed by atoms with Gasteiger partial charge in [-0.1, -0.05) is 6.07 Å². The Bertz CT molecular complexity index is 732. The molecule has 1 aliphatic rings. The van der Waals surface area contributed by atoms with Gasteiger partial charge in [0.2, 0.25) is 5.91 Å². The molecule has 120 valence electrons. The van der Waals surface area contributed by atoms with Crippen molar-refractivity contribution in [2.75, 3.05) is 16.8 Å². The molecule has 1 N–H and O–H groups in total. The van der Waals surface area contributed by atoms with Gasteiger partial charge in [-0.25, -0.2) is 4.98 Å². The Hall–Kier alpha value is -2.48. The maximum atomic E-state index is 12.6. The van der Waals surface area contributed by atoms with Crippen molar-refractivity contribution >= 4 is 33.8 Å². The Morgan fingerprint density at radius 1 is 1.52 bits per heavy atom. The fraction of sp³-hybridized carbons (Fsp3) is 0.333. The van der Waals surface area contributed by atoms with Crippen LogP contribution in [0.3, 0.4) is 0 Å². The van der Waals surface area contributed by atoms with Gasteiger partial charge in [0.15, 0.2) is 5.13 Å². The van der Waals surface area contributed by atoms with Crippen LogP contribution in [-0.2, 0) is 4.79 Å². The van der Waals surface area contributed by atoms with Gasteiger partial charge in [-0.15, -0.1) is 11.3 Å². The van der Waals surface area contributed by atoms with Crippen LogP contribution in [-0.4, -0.2) is 28.4 Å². The standard InChI is InChI=1S/C15H16N4O3S/c1-10-11(4-2-5-12(10)19(21)22)17-14(20)13-6-3-8-18(13)15-16-7-9-23-15/h2,4-5,7,9,13H,3,6,8H2,1H3,(H,17,20). The highest BCUT2D eigenvalue weighted by atomic mass is 32.1. The number of rotatable bonds is 4. The van der Waals surface area contributed by atoms with Crippen LogP contribution in [0.4, 0.5) is 16.5 Å². The van der Waals surface area contributed by atoms with Crippen molar-refractivity contribution in [3.8, 4) is 0 Å². The van der Waals surface area contributed by atoms with Crippen LogP contribution in [0.5, 0.6) is 0 Å². The van der Waals surface area contributed by atoms with Gasteiger partial charge >= 0.3 is 0 Å². The monoisotopic (exact) mass is 332 g/mol. The molecule has 8 heteroatoms. The molecule has 2 aromatic rings. The number of amides is 1. The van der Waals surface area contributed by atoms with E-state index in [9.17, 15) is 14.9 Å². The molecule has 7 nitrogen and oxygen atoms in total. The molecule has 1 saturated heterocycles. The first-order valence-corrected chi connectivity index (χ1v) is 8.17. The number of nitrogens with zero attached hydrogens (tertiary/aromatic N) is 3. The average Bonchev–Trinajstić information content (AvgIpc) is 3.19. The molecular formula is C15H16N4O3S. The van der Waals surface area contributed by atoms with Crippen molar-refractivity contribution in [2.24, 2.45) is 0 Å². The summed E-state index contributed by atoms with van der Waals surface area (Å²) in [7, 11) is 0. The minimum Gasteiger partial charge on any atom is -0.336 e. The third-order valence-corrected chi connectivity index (χ3v) is 4.79. The summed E-state index contributed by atoms with van der Waals surface area (Å²) in [6, 6.07) is 4.40. The Labute approximate surface area is 137 Å². The van der Waals surface area contributed by atoms with Gasteiger partial charge in [0.05, 0.1) is 16.2 Å². The van der Waals surface area contributed by atoms with E-state index in [0.29, 0.717) is 11.3 Å². The summed E-state index contributed by atoms with van der Waals surface area (Å²) in [6.07, 6.45) is 3.39. The first kappa shape index (κ1) is 15.4. The molecule has 1 aromatic carbocycles. The van der Waals surface area contributed by atoms with Crippen LogP contribution >= 0.6 is 11.3 Å². The minimum atomic E-state index is -0.442. The summed E-state index contributed by atoms with van der Waals surface area (Å²) in [5.74, 6) is -0.152. The zero-order chi connectivity index (χ0) is 16.4. The number of aromatic nitrogens is 1. The Morgan fingerprint density at radius 2 is 2.35 bits per heavy atom. The minimum absolute atomic E-state index is 0.00556. The summed E-state index contributed by atoms with van der Waals surface area (Å²) in [4.78, 5) is 29.4. The van der Waals surface area contributed by atoms with Gasteiger partial charge in [-0.05, 0) is 25.8 Å². The number of nitro groups is 1. The lowest BCUT2D eigenvalue weighted by Crippen LogP contribution is -2.39.